The number of imide groups is 1. The molecule has 196 valence electrons. The van der Waals surface area contributed by atoms with Gasteiger partial charge in [0.1, 0.15) is 0 Å². The van der Waals surface area contributed by atoms with Crippen LogP contribution in [0.2, 0.25) is 0 Å². The first-order valence-corrected chi connectivity index (χ1v) is 13.0. The normalized spacial score (nSPS) is 26.1. The molecule has 11 nitrogen and oxygen atoms in total. The van der Waals surface area contributed by atoms with E-state index in [0.717, 1.165) is 56.7 Å². The Kier molecular flexibility index (Phi) is 10.0. The summed E-state index contributed by atoms with van der Waals surface area (Å²) in [7, 11) is 0. The standard InChI is InChI=1S/C24H39N5O6/c25-22(32)21-9-6-14-29(21,24(34)26-10-13-27-11-4-1-5-12-27)23(33)20(15-19-7-2-3-8-19)16-28(17-30)35-18-31/h17-21H,1-16H2,(H2-,25,26,32,34)/p+1/t20-,21+,29?/m1/s1. The van der Waals surface area contributed by atoms with Crippen LogP contribution >= 0.6 is 0 Å². The highest BCUT2D eigenvalue weighted by Gasteiger charge is 2.59. The van der Waals surface area contributed by atoms with Crippen molar-refractivity contribution in [2.24, 2.45) is 17.6 Å². The number of nitrogens with two attached hydrogens (primary N) is 1. The lowest BCUT2D eigenvalue weighted by Crippen LogP contribution is -2.68. The van der Waals surface area contributed by atoms with E-state index in [4.69, 9.17) is 10.6 Å². The second kappa shape index (κ2) is 13.0. The van der Waals surface area contributed by atoms with E-state index in [-0.39, 0.29) is 25.5 Å². The lowest BCUT2D eigenvalue weighted by atomic mass is 9.90. The Hall–Kier alpha value is -2.53. The molecule has 0 aromatic heterocycles. The van der Waals surface area contributed by atoms with E-state index in [9.17, 15) is 24.0 Å². The molecule has 11 heteroatoms. The van der Waals surface area contributed by atoms with Crippen LogP contribution in [0.5, 0.6) is 0 Å². The summed E-state index contributed by atoms with van der Waals surface area (Å²) in [6.07, 6.45) is 9.19. The van der Waals surface area contributed by atoms with Crippen LogP contribution in [0.25, 0.3) is 0 Å². The SMILES string of the molecule is NC(=O)[C@@H]1CCC[N+]1(C(=O)NCCN1CCCCC1)C(=O)[C@H](CC1CCCC1)CN(C=O)OC=O. The second-order valence-corrected chi connectivity index (χ2v) is 10.1. The lowest BCUT2D eigenvalue weighted by molar-refractivity contribution is -0.779. The van der Waals surface area contributed by atoms with Gasteiger partial charge in [0.25, 0.3) is 5.91 Å². The van der Waals surface area contributed by atoms with Crippen molar-refractivity contribution in [2.45, 2.75) is 70.3 Å². The molecule has 0 radical (unpaired) electrons. The predicted octanol–water partition coefficient (Wildman–Crippen LogP) is 0.916. The molecule has 3 atom stereocenters. The summed E-state index contributed by atoms with van der Waals surface area (Å²) in [5, 5.41) is 3.69. The van der Waals surface area contributed by atoms with Gasteiger partial charge in [-0.2, -0.15) is 9.55 Å². The van der Waals surface area contributed by atoms with E-state index in [1.54, 1.807) is 0 Å². The molecule has 2 heterocycles. The van der Waals surface area contributed by atoms with Gasteiger partial charge < -0.3 is 20.8 Å². The minimum Gasteiger partial charge on any atom is -0.364 e. The molecule has 3 fully saturated rings. The van der Waals surface area contributed by atoms with Gasteiger partial charge in [0, 0.05) is 25.9 Å². The number of quaternary nitrogens is 1. The van der Waals surface area contributed by atoms with Gasteiger partial charge in [-0.05, 0) is 38.3 Å². The van der Waals surface area contributed by atoms with Crippen LogP contribution in [0.3, 0.4) is 0 Å². The van der Waals surface area contributed by atoms with Crippen molar-refractivity contribution in [3.63, 3.8) is 0 Å². The van der Waals surface area contributed by atoms with Crippen LogP contribution in [-0.4, -0.2) is 90.5 Å². The number of amides is 5. The largest absolute Gasteiger partial charge is 0.424 e. The molecule has 1 aliphatic carbocycles. The third-order valence-corrected chi connectivity index (χ3v) is 7.90. The highest BCUT2D eigenvalue weighted by Crippen LogP contribution is 2.36. The molecule has 5 amide bonds. The topological polar surface area (TPSA) is 139 Å². The Bertz CT molecular complexity index is 768. The molecule has 35 heavy (non-hydrogen) atoms. The van der Waals surface area contributed by atoms with E-state index < -0.39 is 34.3 Å². The van der Waals surface area contributed by atoms with Crippen LogP contribution in [0.15, 0.2) is 0 Å². The van der Waals surface area contributed by atoms with Crippen molar-refractivity contribution < 1.29 is 33.3 Å². The molecular formula is C24H40N5O6+. The Labute approximate surface area is 206 Å². The van der Waals surface area contributed by atoms with Crippen molar-refractivity contribution >= 4 is 30.7 Å². The minimum atomic E-state index is -0.958. The summed E-state index contributed by atoms with van der Waals surface area (Å²) in [5.74, 6) is -1.62. The summed E-state index contributed by atoms with van der Waals surface area (Å²) >= 11 is 0. The quantitative estimate of drug-likeness (QED) is 0.234. The van der Waals surface area contributed by atoms with E-state index in [2.05, 4.69) is 10.2 Å². The fraction of sp³-hybridized carbons (Fsp3) is 0.792. The first kappa shape index (κ1) is 27.1. The smallest absolute Gasteiger partial charge is 0.364 e. The summed E-state index contributed by atoms with van der Waals surface area (Å²) < 4.78 is -0.680. The highest BCUT2D eigenvalue weighted by molar-refractivity contribution is 5.91. The molecule has 2 aliphatic heterocycles. The van der Waals surface area contributed by atoms with Gasteiger partial charge in [0.15, 0.2) is 6.04 Å². The first-order chi connectivity index (χ1) is 16.9. The van der Waals surface area contributed by atoms with Gasteiger partial charge in [0.2, 0.25) is 6.41 Å². The predicted molar refractivity (Wildman–Crippen MR) is 126 cm³/mol. The molecular weight excluding hydrogens is 454 g/mol. The summed E-state index contributed by atoms with van der Waals surface area (Å²) in [4.78, 5) is 69.5. The van der Waals surface area contributed by atoms with Gasteiger partial charge in [-0.25, -0.2) is 9.59 Å². The molecule has 3 N–H and O–H groups in total. The number of primary amides is 1. The van der Waals surface area contributed by atoms with Crippen molar-refractivity contribution in [1.29, 1.82) is 0 Å². The molecule has 0 spiro atoms. The average Bonchev–Trinajstić information content (AvgIpc) is 3.54. The maximum Gasteiger partial charge on any atom is 0.424 e. The third kappa shape index (κ3) is 6.58. The number of hydrogen-bond donors (Lipinski definition) is 2. The Morgan fingerprint density at radius 1 is 1.06 bits per heavy atom. The Morgan fingerprint density at radius 2 is 1.77 bits per heavy atom. The molecule has 0 aromatic carbocycles. The zero-order chi connectivity index (χ0) is 25.3. The van der Waals surface area contributed by atoms with Crippen molar-refractivity contribution in [3.05, 3.63) is 0 Å². The van der Waals surface area contributed by atoms with Crippen molar-refractivity contribution in [3.8, 4) is 0 Å². The zero-order valence-corrected chi connectivity index (χ0v) is 20.6. The number of urea groups is 1. The number of hydrogen-bond acceptors (Lipinski definition) is 7. The van der Waals surface area contributed by atoms with Gasteiger partial charge >= 0.3 is 18.4 Å². The van der Waals surface area contributed by atoms with E-state index in [1.165, 1.54) is 6.42 Å². The number of piperidine rings is 1. The van der Waals surface area contributed by atoms with E-state index in [1.807, 2.05) is 0 Å². The summed E-state index contributed by atoms with van der Waals surface area (Å²) in [6, 6.07) is -1.47. The van der Waals surface area contributed by atoms with Crippen molar-refractivity contribution in [1.82, 2.24) is 15.3 Å². The number of carbonyl (C=O) groups is 5. The first-order valence-electron chi connectivity index (χ1n) is 13.0. The fourth-order valence-electron chi connectivity index (χ4n) is 6.13. The van der Waals surface area contributed by atoms with E-state index in [0.29, 0.717) is 38.8 Å². The zero-order valence-electron chi connectivity index (χ0n) is 20.6. The van der Waals surface area contributed by atoms with Crippen LogP contribution < -0.4 is 11.1 Å². The number of hydroxylamine groups is 2. The van der Waals surface area contributed by atoms with Crippen molar-refractivity contribution in [2.75, 3.05) is 39.3 Å². The van der Waals surface area contributed by atoms with Gasteiger partial charge in [0.05, 0.1) is 19.0 Å². The van der Waals surface area contributed by atoms with Gasteiger partial charge in [-0.15, -0.1) is 0 Å². The molecule has 1 unspecified atom stereocenters. The van der Waals surface area contributed by atoms with Crippen LogP contribution in [-0.2, 0) is 24.0 Å². The number of nitrogens with zero attached hydrogens (tertiary/aromatic N) is 3. The molecule has 1 saturated carbocycles. The number of nitrogens with one attached hydrogen (secondary N) is 1. The van der Waals surface area contributed by atoms with E-state index >= 15 is 0 Å². The second-order valence-electron chi connectivity index (χ2n) is 10.1. The lowest BCUT2D eigenvalue weighted by Gasteiger charge is -2.36. The molecule has 0 bridgehead atoms. The number of rotatable bonds is 12. The molecule has 3 aliphatic rings. The Morgan fingerprint density at radius 3 is 2.40 bits per heavy atom. The maximum absolute atomic E-state index is 14.1. The van der Waals surface area contributed by atoms with Crippen LogP contribution in [0.1, 0.15) is 64.2 Å². The fourth-order valence-corrected chi connectivity index (χ4v) is 6.13. The Balaban J connectivity index is 1.81. The molecule has 2 saturated heterocycles. The minimum absolute atomic E-state index is 0.130. The number of likely N-dealkylation sites (tertiary alicyclic amines) is 2. The third-order valence-electron chi connectivity index (χ3n) is 7.90. The van der Waals surface area contributed by atoms with Crippen LogP contribution in [0, 0.1) is 11.8 Å². The number of carbonyl (C=O) groups excluding carboxylic acids is 5. The summed E-state index contributed by atoms with van der Waals surface area (Å²) in [5.41, 5.74) is 5.70. The van der Waals surface area contributed by atoms with Crippen LogP contribution in [0.4, 0.5) is 4.79 Å². The van der Waals surface area contributed by atoms with Gasteiger partial charge in [-0.1, -0.05) is 32.1 Å². The summed E-state index contributed by atoms with van der Waals surface area (Å²) in [6.45, 7) is 3.17. The maximum atomic E-state index is 14.1. The monoisotopic (exact) mass is 494 g/mol. The highest BCUT2D eigenvalue weighted by atomic mass is 16.7. The van der Waals surface area contributed by atoms with Gasteiger partial charge in [-0.3, -0.25) is 14.4 Å². The molecule has 3 rings (SSSR count). The average molecular weight is 495 g/mol. The molecule has 0 aromatic rings.